The van der Waals surface area contributed by atoms with Gasteiger partial charge in [-0.3, -0.25) is 4.79 Å². The maximum absolute atomic E-state index is 11.9. The standard InChI is InChI=1S/C16H17NO2/c1-4-7-14(18)13(5-2)16(19)15-11(3)8-6-9-12(15)10-17/h5-6,8-9,19H,2,4,7H2,1,3H3/b16-13-. The molecule has 0 saturated heterocycles. The summed E-state index contributed by atoms with van der Waals surface area (Å²) in [6, 6.07) is 7.17. The zero-order valence-electron chi connectivity index (χ0n) is 11.2. The largest absolute Gasteiger partial charge is 0.507 e. The molecule has 1 N–H and O–H groups in total. The third-order valence-electron chi connectivity index (χ3n) is 2.87. The summed E-state index contributed by atoms with van der Waals surface area (Å²) in [7, 11) is 0. The van der Waals surface area contributed by atoms with Crippen molar-refractivity contribution in [3.8, 4) is 6.07 Å². The molecule has 98 valence electrons. The Morgan fingerprint density at radius 2 is 2.21 bits per heavy atom. The number of ketones is 1. The first-order valence-electron chi connectivity index (χ1n) is 6.15. The number of aliphatic hydroxyl groups excluding tert-OH is 1. The number of allylic oxidation sites excluding steroid dienone is 2. The number of carbonyl (C=O) groups excluding carboxylic acids is 1. The van der Waals surface area contributed by atoms with Crippen LogP contribution in [0.5, 0.6) is 0 Å². The van der Waals surface area contributed by atoms with Crippen molar-refractivity contribution in [3.63, 3.8) is 0 Å². The van der Waals surface area contributed by atoms with Crippen molar-refractivity contribution in [2.45, 2.75) is 26.7 Å². The van der Waals surface area contributed by atoms with Crippen LogP contribution in [0, 0.1) is 18.3 Å². The average molecular weight is 255 g/mol. The molecule has 0 heterocycles. The first-order chi connectivity index (χ1) is 9.06. The zero-order chi connectivity index (χ0) is 14.4. The van der Waals surface area contributed by atoms with Crippen LogP contribution in [0.1, 0.15) is 36.5 Å². The van der Waals surface area contributed by atoms with E-state index in [2.05, 4.69) is 6.58 Å². The summed E-state index contributed by atoms with van der Waals surface area (Å²) in [4.78, 5) is 11.9. The van der Waals surface area contributed by atoms with Gasteiger partial charge in [-0.25, -0.2) is 0 Å². The number of benzene rings is 1. The van der Waals surface area contributed by atoms with E-state index < -0.39 is 0 Å². The molecular weight excluding hydrogens is 238 g/mol. The Bertz CT molecular complexity index is 577. The highest BCUT2D eigenvalue weighted by Gasteiger charge is 2.17. The number of nitriles is 1. The summed E-state index contributed by atoms with van der Waals surface area (Å²) >= 11 is 0. The molecule has 0 unspecified atom stereocenters. The molecule has 0 aliphatic rings. The number of rotatable bonds is 5. The molecule has 0 aliphatic heterocycles. The van der Waals surface area contributed by atoms with Gasteiger partial charge in [0.1, 0.15) is 5.76 Å². The van der Waals surface area contributed by atoms with E-state index in [1.165, 1.54) is 6.08 Å². The SMILES string of the molecule is C=C/C(C(=O)CCC)=C(/O)c1c(C)cccc1C#N. The fourth-order valence-electron chi connectivity index (χ4n) is 1.91. The topological polar surface area (TPSA) is 61.1 Å². The fourth-order valence-corrected chi connectivity index (χ4v) is 1.91. The second-order valence-electron chi connectivity index (χ2n) is 4.25. The average Bonchev–Trinajstić information content (AvgIpc) is 2.39. The van der Waals surface area contributed by atoms with Crippen molar-refractivity contribution in [1.29, 1.82) is 5.26 Å². The molecule has 1 aromatic rings. The fraction of sp³-hybridized carbons (Fsp3) is 0.250. The summed E-state index contributed by atoms with van der Waals surface area (Å²) in [5.41, 5.74) is 1.68. The first-order valence-corrected chi connectivity index (χ1v) is 6.15. The summed E-state index contributed by atoms with van der Waals surface area (Å²) in [6.07, 6.45) is 2.39. The minimum Gasteiger partial charge on any atom is -0.507 e. The predicted molar refractivity (Wildman–Crippen MR) is 75.6 cm³/mol. The van der Waals surface area contributed by atoms with Crippen molar-refractivity contribution in [1.82, 2.24) is 0 Å². The molecule has 0 fully saturated rings. The molecule has 0 aliphatic carbocycles. The molecule has 0 bridgehead atoms. The van der Waals surface area contributed by atoms with Gasteiger partial charge < -0.3 is 5.11 Å². The van der Waals surface area contributed by atoms with Crippen LogP contribution in [0.4, 0.5) is 0 Å². The van der Waals surface area contributed by atoms with E-state index in [1.54, 1.807) is 25.1 Å². The lowest BCUT2D eigenvalue weighted by Gasteiger charge is -2.10. The van der Waals surface area contributed by atoms with Crippen LogP contribution < -0.4 is 0 Å². The van der Waals surface area contributed by atoms with Crippen molar-refractivity contribution in [3.05, 3.63) is 53.1 Å². The number of aliphatic hydroxyl groups is 1. The molecule has 19 heavy (non-hydrogen) atoms. The Balaban J connectivity index is 3.47. The maximum atomic E-state index is 11.9. The lowest BCUT2D eigenvalue weighted by molar-refractivity contribution is -0.115. The van der Waals surface area contributed by atoms with Crippen LogP contribution >= 0.6 is 0 Å². The normalized spacial score (nSPS) is 11.4. The first kappa shape index (κ1) is 14.7. The third-order valence-corrected chi connectivity index (χ3v) is 2.87. The zero-order valence-corrected chi connectivity index (χ0v) is 11.2. The second-order valence-corrected chi connectivity index (χ2v) is 4.25. The number of Topliss-reactive ketones (excluding diaryl/α,β-unsaturated/α-hetero) is 1. The second kappa shape index (κ2) is 6.55. The van der Waals surface area contributed by atoms with Crippen LogP contribution in [-0.2, 0) is 4.79 Å². The van der Waals surface area contributed by atoms with Gasteiger partial charge in [0.2, 0.25) is 0 Å². The van der Waals surface area contributed by atoms with Crippen molar-refractivity contribution in [2.75, 3.05) is 0 Å². The maximum Gasteiger partial charge on any atom is 0.166 e. The van der Waals surface area contributed by atoms with Gasteiger partial charge >= 0.3 is 0 Å². The Kier molecular flexibility index (Phi) is 5.08. The molecule has 3 heteroatoms. The van der Waals surface area contributed by atoms with Gasteiger partial charge in [0.25, 0.3) is 0 Å². The predicted octanol–water partition coefficient (Wildman–Crippen LogP) is 3.69. The van der Waals surface area contributed by atoms with Gasteiger partial charge in [0.15, 0.2) is 5.78 Å². The number of nitrogens with zero attached hydrogens (tertiary/aromatic N) is 1. The summed E-state index contributed by atoms with van der Waals surface area (Å²) < 4.78 is 0. The van der Waals surface area contributed by atoms with Crippen LogP contribution in [0.15, 0.2) is 36.4 Å². The Hall–Kier alpha value is -2.34. The van der Waals surface area contributed by atoms with Crippen molar-refractivity contribution in [2.24, 2.45) is 0 Å². The highest BCUT2D eigenvalue weighted by atomic mass is 16.3. The number of hydrogen-bond donors (Lipinski definition) is 1. The van der Waals surface area contributed by atoms with E-state index in [0.717, 1.165) is 5.56 Å². The number of aryl methyl sites for hydroxylation is 1. The van der Waals surface area contributed by atoms with Gasteiger partial charge in [-0.1, -0.05) is 31.7 Å². The van der Waals surface area contributed by atoms with Gasteiger partial charge in [-0.15, -0.1) is 0 Å². The van der Waals surface area contributed by atoms with E-state index >= 15 is 0 Å². The Morgan fingerprint density at radius 1 is 1.53 bits per heavy atom. The third kappa shape index (κ3) is 3.11. The van der Waals surface area contributed by atoms with E-state index in [-0.39, 0.29) is 17.1 Å². The molecule has 0 aromatic heterocycles. The summed E-state index contributed by atoms with van der Waals surface area (Å²) in [6.45, 7) is 7.26. The molecular formula is C16H17NO2. The van der Waals surface area contributed by atoms with Gasteiger partial charge in [0.05, 0.1) is 17.2 Å². The number of carbonyl (C=O) groups is 1. The van der Waals surface area contributed by atoms with Gasteiger partial charge in [-0.05, 0) is 25.0 Å². The Labute approximate surface area is 113 Å². The molecule has 1 rings (SSSR count). The van der Waals surface area contributed by atoms with Gasteiger partial charge in [0, 0.05) is 12.0 Å². The van der Waals surface area contributed by atoms with Crippen LogP contribution in [-0.4, -0.2) is 10.9 Å². The minimum atomic E-state index is -0.165. The molecule has 0 amide bonds. The monoisotopic (exact) mass is 255 g/mol. The number of hydrogen-bond acceptors (Lipinski definition) is 3. The van der Waals surface area contributed by atoms with Gasteiger partial charge in [-0.2, -0.15) is 5.26 Å². The van der Waals surface area contributed by atoms with Crippen molar-refractivity contribution >= 4 is 11.5 Å². The van der Waals surface area contributed by atoms with E-state index in [9.17, 15) is 9.90 Å². The van der Waals surface area contributed by atoms with E-state index in [1.807, 2.05) is 13.0 Å². The summed E-state index contributed by atoms with van der Waals surface area (Å²) in [5, 5.41) is 19.4. The Morgan fingerprint density at radius 3 is 2.74 bits per heavy atom. The van der Waals surface area contributed by atoms with Crippen LogP contribution in [0.3, 0.4) is 0 Å². The molecule has 3 nitrogen and oxygen atoms in total. The van der Waals surface area contributed by atoms with Crippen LogP contribution in [0.25, 0.3) is 5.76 Å². The lowest BCUT2D eigenvalue weighted by atomic mass is 9.95. The molecule has 0 spiro atoms. The lowest BCUT2D eigenvalue weighted by Crippen LogP contribution is -2.05. The highest BCUT2D eigenvalue weighted by molar-refractivity contribution is 6.04. The minimum absolute atomic E-state index is 0.164. The molecule has 0 radical (unpaired) electrons. The molecule has 0 atom stereocenters. The molecule has 0 saturated carbocycles. The smallest absolute Gasteiger partial charge is 0.166 e. The van der Waals surface area contributed by atoms with E-state index in [4.69, 9.17) is 5.26 Å². The highest BCUT2D eigenvalue weighted by Crippen LogP contribution is 2.25. The molecule has 1 aromatic carbocycles. The van der Waals surface area contributed by atoms with Crippen LogP contribution in [0.2, 0.25) is 0 Å². The van der Waals surface area contributed by atoms with E-state index in [0.29, 0.717) is 24.0 Å². The van der Waals surface area contributed by atoms with Crippen molar-refractivity contribution < 1.29 is 9.90 Å². The summed E-state index contributed by atoms with van der Waals surface area (Å²) in [5.74, 6) is -0.328. The quantitative estimate of drug-likeness (QED) is 0.496.